The van der Waals surface area contributed by atoms with Crippen LogP contribution in [-0.4, -0.2) is 73.1 Å². The monoisotopic (exact) mass is 531 g/mol. The molecule has 0 spiro atoms. The molecule has 1 saturated heterocycles. The van der Waals surface area contributed by atoms with Crippen molar-refractivity contribution in [2.45, 2.75) is 46.7 Å². The Hall–Kier alpha value is -1.62. The number of amides is 1. The summed E-state index contributed by atoms with van der Waals surface area (Å²) in [5, 5.41) is 9.18. The van der Waals surface area contributed by atoms with Crippen molar-refractivity contribution >= 4 is 41.7 Å². The third-order valence-electron chi connectivity index (χ3n) is 4.65. The fraction of sp³-hybridized carbons (Fsp3) is 0.667. The number of carbonyl (C=O) groups excluding carboxylic acids is 1. The number of aromatic nitrogens is 1. The highest BCUT2D eigenvalue weighted by Gasteiger charge is 2.16. The lowest BCUT2D eigenvalue weighted by Gasteiger charge is -2.34. The summed E-state index contributed by atoms with van der Waals surface area (Å²) in [5.74, 6) is 1.59. The summed E-state index contributed by atoms with van der Waals surface area (Å²) in [5.41, 5.74) is 0.794. The van der Waals surface area contributed by atoms with Gasteiger partial charge in [-0.2, -0.15) is 0 Å². The van der Waals surface area contributed by atoms with Crippen molar-refractivity contribution < 1.29 is 4.79 Å². The number of nitrogens with zero attached hydrogens (tertiary/aromatic N) is 4. The normalized spacial score (nSPS) is 15.4. The first-order valence-electron chi connectivity index (χ1n) is 10.6. The fourth-order valence-electron chi connectivity index (χ4n) is 3.13. The van der Waals surface area contributed by atoms with Crippen molar-refractivity contribution in [1.82, 2.24) is 25.8 Å². The van der Waals surface area contributed by atoms with E-state index < -0.39 is 0 Å². The van der Waals surface area contributed by atoms with Crippen LogP contribution in [0.15, 0.2) is 23.3 Å². The molecule has 0 aromatic carbocycles. The van der Waals surface area contributed by atoms with Crippen LogP contribution < -0.4 is 20.9 Å². The topological polar surface area (TPSA) is 84.9 Å². The second-order valence-corrected chi connectivity index (χ2v) is 8.29. The van der Waals surface area contributed by atoms with Gasteiger partial charge in [-0.25, -0.2) is 9.98 Å². The van der Waals surface area contributed by atoms with Crippen LogP contribution in [0.1, 0.15) is 40.2 Å². The van der Waals surface area contributed by atoms with Crippen molar-refractivity contribution in [2.75, 3.05) is 50.7 Å². The summed E-state index contributed by atoms with van der Waals surface area (Å²) in [6, 6.07) is 4.15. The van der Waals surface area contributed by atoms with Crippen LogP contribution in [0.4, 0.5) is 5.82 Å². The molecule has 0 atom stereocenters. The molecule has 0 unspecified atom stereocenters. The van der Waals surface area contributed by atoms with Crippen molar-refractivity contribution in [3.05, 3.63) is 23.9 Å². The number of halogens is 1. The van der Waals surface area contributed by atoms with Crippen molar-refractivity contribution in [3.8, 4) is 0 Å². The number of carbonyl (C=O) groups is 1. The Labute approximate surface area is 198 Å². The lowest BCUT2D eigenvalue weighted by atomic mass is 10.1. The molecule has 1 aliphatic heterocycles. The third kappa shape index (κ3) is 9.46. The molecule has 3 N–H and O–H groups in total. The first-order valence-corrected chi connectivity index (χ1v) is 10.6. The largest absolute Gasteiger partial charge is 0.357 e. The van der Waals surface area contributed by atoms with E-state index >= 15 is 0 Å². The predicted molar refractivity (Wildman–Crippen MR) is 135 cm³/mol. The molecule has 1 aromatic heterocycles. The molecule has 0 saturated carbocycles. The van der Waals surface area contributed by atoms with Crippen molar-refractivity contribution in [3.63, 3.8) is 0 Å². The quantitative estimate of drug-likeness (QED) is 0.283. The first kappa shape index (κ1) is 26.4. The van der Waals surface area contributed by atoms with Gasteiger partial charge in [-0.15, -0.1) is 24.0 Å². The second kappa shape index (κ2) is 12.9. The highest BCUT2D eigenvalue weighted by Crippen LogP contribution is 2.14. The number of aliphatic imine (C=N–C) groups is 1. The Morgan fingerprint density at radius 1 is 1.13 bits per heavy atom. The van der Waals surface area contributed by atoms with Gasteiger partial charge in [0, 0.05) is 44.5 Å². The molecule has 9 heteroatoms. The summed E-state index contributed by atoms with van der Waals surface area (Å²) < 4.78 is 0. The van der Waals surface area contributed by atoms with Gasteiger partial charge in [-0.3, -0.25) is 4.79 Å². The van der Waals surface area contributed by atoms with E-state index in [1.54, 1.807) is 0 Å². The highest BCUT2D eigenvalue weighted by molar-refractivity contribution is 14.0. The molecular formula is C21H38IN7O. The number of piperazine rings is 1. The molecule has 0 radical (unpaired) electrons. The zero-order valence-corrected chi connectivity index (χ0v) is 21.3. The zero-order chi connectivity index (χ0) is 21.3. The minimum Gasteiger partial charge on any atom is -0.357 e. The van der Waals surface area contributed by atoms with Gasteiger partial charge in [0.1, 0.15) is 5.82 Å². The van der Waals surface area contributed by atoms with Crippen LogP contribution in [0.3, 0.4) is 0 Å². The van der Waals surface area contributed by atoms with E-state index in [2.05, 4.69) is 54.8 Å². The summed E-state index contributed by atoms with van der Waals surface area (Å²) in [6.45, 7) is 16.8. The van der Waals surface area contributed by atoms with Crippen LogP contribution in [0, 0.1) is 0 Å². The summed E-state index contributed by atoms with van der Waals surface area (Å²) in [6.07, 6.45) is 1.89. The Morgan fingerprint density at radius 2 is 1.83 bits per heavy atom. The molecular weight excluding hydrogens is 493 g/mol. The average molecular weight is 531 g/mol. The molecule has 1 aromatic rings. The molecule has 170 valence electrons. The molecule has 8 nitrogen and oxygen atoms in total. The van der Waals surface area contributed by atoms with Gasteiger partial charge in [-0.05, 0) is 45.9 Å². The summed E-state index contributed by atoms with van der Waals surface area (Å²) >= 11 is 0. The van der Waals surface area contributed by atoms with E-state index in [4.69, 9.17) is 0 Å². The van der Waals surface area contributed by atoms with E-state index in [-0.39, 0.29) is 42.0 Å². The maximum Gasteiger partial charge on any atom is 0.239 e. The number of rotatable bonds is 7. The van der Waals surface area contributed by atoms with E-state index in [1.165, 1.54) is 0 Å². The molecule has 0 bridgehead atoms. The molecule has 2 rings (SSSR count). The Morgan fingerprint density at radius 3 is 2.37 bits per heavy atom. The lowest BCUT2D eigenvalue weighted by molar-refractivity contribution is -0.121. The average Bonchev–Trinajstić information content (AvgIpc) is 2.69. The molecule has 2 heterocycles. The van der Waals surface area contributed by atoms with Gasteiger partial charge in [0.2, 0.25) is 5.91 Å². The number of hydrogen-bond acceptors (Lipinski definition) is 5. The van der Waals surface area contributed by atoms with Crippen LogP contribution in [0.25, 0.3) is 0 Å². The Balaban J connectivity index is 0.00000450. The van der Waals surface area contributed by atoms with Crippen LogP contribution >= 0.6 is 24.0 Å². The zero-order valence-electron chi connectivity index (χ0n) is 19.0. The summed E-state index contributed by atoms with van der Waals surface area (Å²) in [4.78, 5) is 26.0. The Kier molecular flexibility index (Phi) is 11.4. The van der Waals surface area contributed by atoms with Crippen LogP contribution in [-0.2, 0) is 11.3 Å². The van der Waals surface area contributed by atoms with Gasteiger partial charge in [0.15, 0.2) is 5.96 Å². The number of guanidine groups is 1. The van der Waals surface area contributed by atoms with Gasteiger partial charge < -0.3 is 25.8 Å². The van der Waals surface area contributed by atoms with Gasteiger partial charge in [0.05, 0.1) is 13.1 Å². The van der Waals surface area contributed by atoms with Crippen LogP contribution in [0.5, 0.6) is 0 Å². The number of anilines is 1. The second-order valence-electron chi connectivity index (χ2n) is 8.29. The van der Waals surface area contributed by atoms with Crippen molar-refractivity contribution in [1.29, 1.82) is 0 Å². The standard InChI is InChI=1S/C21H37N7O.HI/c1-6-22-20(25-16-19(29)26-21(3,4)5)24-15-17-8-9-18(23-14-17)28-12-10-27(7-2)11-13-28;/h8-9,14H,6-7,10-13,15-16H2,1-5H3,(H,26,29)(H2,22,24,25);1H. The van der Waals surface area contributed by atoms with Crippen LogP contribution in [0.2, 0.25) is 0 Å². The molecule has 1 amide bonds. The first-order chi connectivity index (χ1) is 13.8. The summed E-state index contributed by atoms with van der Waals surface area (Å²) in [7, 11) is 0. The molecule has 1 aliphatic rings. The number of nitrogens with one attached hydrogen (secondary N) is 3. The minimum absolute atomic E-state index is 0. The Bertz CT molecular complexity index is 665. The smallest absolute Gasteiger partial charge is 0.239 e. The maximum atomic E-state index is 12.0. The van der Waals surface area contributed by atoms with Gasteiger partial charge in [-0.1, -0.05) is 13.0 Å². The minimum atomic E-state index is -0.245. The highest BCUT2D eigenvalue weighted by atomic mass is 127. The number of likely N-dealkylation sites (N-methyl/N-ethyl adjacent to an activating group) is 1. The van der Waals surface area contributed by atoms with E-state index in [0.717, 1.165) is 50.6 Å². The van der Waals surface area contributed by atoms with Gasteiger partial charge in [0.25, 0.3) is 0 Å². The lowest BCUT2D eigenvalue weighted by Crippen LogP contribution is -2.48. The number of hydrogen-bond donors (Lipinski definition) is 3. The van der Waals surface area contributed by atoms with Crippen molar-refractivity contribution in [2.24, 2.45) is 4.99 Å². The third-order valence-corrected chi connectivity index (χ3v) is 4.65. The van der Waals surface area contributed by atoms with E-state index in [1.807, 2.05) is 33.9 Å². The SMILES string of the molecule is CCNC(=NCc1ccc(N2CCN(CC)CC2)nc1)NCC(=O)NC(C)(C)C.I. The number of pyridine rings is 1. The molecule has 0 aliphatic carbocycles. The predicted octanol–water partition coefficient (Wildman–Crippen LogP) is 1.81. The maximum absolute atomic E-state index is 12.0. The van der Waals surface area contributed by atoms with E-state index in [0.29, 0.717) is 12.5 Å². The molecule has 1 fully saturated rings. The fourth-order valence-corrected chi connectivity index (χ4v) is 3.13. The van der Waals surface area contributed by atoms with Gasteiger partial charge >= 0.3 is 0 Å². The van der Waals surface area contributed by atoms with E-state index in [9.17, 15) is 4.79 Å². The molecule has 30 heavy (non-hydrogen) atoms.